The highest BCUT2D eigenvalue weighted by atomic mass is 32.2. The van der Waals surface area contributed by atoms with E-state index in [1.165, 1.54) is 12.4 Å². The molecule has 12 nitrogen and oxygen atoms in total. The van der Waals surface area contributed by atoms with Crippen LogP contribution < -0.4 is 21.1 Å². The molecule has 2 aliphatic heterocycles. The second kappa shape index (κ2) is 12.3. The lowest BCUT2D eigenvalue weighted by Gasteiger charge is -2.35. The Morgan fingerprint density at radius 3 is 2.51 bits per heavy atom. The molecule has 2 aliphatic carbocycles. The van der Waals surface area contributed by atoms with Gasteiger partial charge >= 0.3 is 0 Å². The van der Waals surface area contributed by atoms with Crippen molar-refractivity contribution in [3.05, 3.63) is 72.3 Å². The minimum atomic E-state index is -3.54. The van der Waals surface area contributed by atoms with E-state index in [-0.39, 0.29) is 30.8 Å². The number of nitrogens with zero attached hydrogens (tertiary/aromatic N) is 6. The first-order chi connectivity index (χ1) is 22.5. The summed E-state index contributed by atoms with van der Waals surface area (Å²) in [7, 11) is -1.44. The number of allylic oxidation sites excluding steroid dienone is 1. The molecule has 4 N–H and O–H groups in total. The number of piperidine rings is 1. The number of hydrogen-bond donors (Lipinski definition) is 3. The highest BCUT2D eigenvalue weighted by Gasteiger charge is 2.39. The summed E-state index contributed by atoms with van der Waals surface area (Å²) in [4.78, 5) is 16.0. The van der Waals surface area contributed by atoms with Gasteiger partial charge in [0.2, 0.25) is 5.92 Å². The first-order valence-corrected chi connectivity index (χ1v) is 17.6. The first kappa shape index (κ1) is 31.6. The molecule has 4 aliphatic rings. The maximum Gasteiger partial charge on any atom is 0.256 e. The molecule has 0 bridgehead atoms. The molecule has 15 heteroatoms. The van der Waals surface area contributed by atoms with Gasteiger partial charge in [0, 0.05) is 55.6 Å². The van der Waals surface area contributed by atoms with Crippen molar-refractivity contribution in [3.8, 4) is 17.1 Å². The Hall–Kier alpha value is -3.95. The molecule has 47 heavy (non-hydrogen) atoms. The van der Waals surface area contributed by atoms with E-state index in [4.69, 9.17) is 15.5 Å². The molecule has 1 unspecified atom stereocenters. The average molecular weight is 668 g/mol. The van der Waals surface area contributed by atoms with E-state index in [9.17, 15) is 17.2 Å². The van der Waals surface area contributed by atoms with Gasteiger partial charge in [-0.05, 0) is 69.8 Å². The van der Waals surface area contributed by atoms with Crippen LogP contribution in [0.25, 0.3) is 17.0 Å². The van der Waals surface area contributed by atoms with Crippen LogP contribution in [0.1, 0.15) is 62.8 Å². The molecular weight excluding hydrogens is 628 g/mol. The van der Waals surface area contributed by atoms with E-state index in [1.54, 1.807) is 30.7 Å². The molecule has 3 aromatic rings. The van der Waals surface area contributed by atoms with Crippen LogP contribution in [0.2, 0.25) is 0 Å². The lowest BCUT2D eigenvalue weighted by atomic mass is 9.90. The fraction of sp³-hybridized carbons (Fsp3) is 0.500. The molecular formula is C32H39F2N9O3S. The smallest absolute Gasteiger partial charge is 0.256 e. The molecule has 2 saturated carbocycles. The number of ether oxygens (including phenoxy) is 1. The molecule has 5 heterocycles. The largest absolute Gasteiger partial charge is 0.489 e. The summed E-state index contributed by atoms with van der Waals surface area (Å²) in [5.41, 5.74) is 8.48. The van der Waals surface area contributed by atoms with Crippen molar-refractivity contribution in [1.29, 1.82) is 0 Å². The fourth-order valence-corrected chi connectivity index (χ4v) is 7.69. The van der Waals surface area contributed by atoms with E-state index in [0.717, 1.165) is 35.6 Å². The third-order valence-corrected chi connectivity index (χ3v) is 11.3. The van der Waals surface area contributed by atoms with Crippen LogP contribution >= 0.6 is 0 Å². The average Bonchev–Trinajstić information content (AvgIpc) is 3.81. The van der Waals surface area contributed by atoms with Gasteiger partial charge in [-0.25, -0.2) is 27.2 Å². The number of pyridine rings is 1. The van der Waals surface area contributed by atoms with Gasteiger partial charge in [-0.1, -0.05) is 0 Å². The quantitative estimate of drug-likeness (QED) is 0.308. The SMILES string of the molecule is CN1CCC(Oc2ccc(C3=CNC(N)(c4ccnc(-c5cnn(S(=O)(=O)C6CC6)c5)n4)C=C3NC3CCC(F)(F)CC3)nc2)CC1. The Kier molecular flexibility index (Phi) is 8.25. The molecule has 0 aromatic carbocycles. The molecule has 0 amide bonds. The number of rotatable bonds is 9. The van der Waals surface area contributed by atoms with E-state index in [1.807, 2.05) is 12.1 Å². The van der Waals surface area contributed by atoms with Crippen molar-refractivity contribution >= 4 is 15.6 Å². The minimum absolute atomic E-state index is 0.142. The number of likely N-dealkylation sites (tertiary alicyclic amines) is 1. The zero-order chi connectivity index (χ0) is 32.8. The maximum atomic E-state index is 14.0. The Morgan fingerprint density at radius 2 is 1.81 bits per heavy atom. The Bertz CT molecular complexity index is 1770. The summed E-state index contributed by atoms with van der Waals surface area (Å²) in [6.07, 6.45) is 13.2. The Morgan fingerprint density at radius 1 is 1.04 bits per heavy atom. The van der Waals surface area contributed by atoms with Gasteiger partial charge in [0.05, 0.1) is 40.8 Å². The number of nitrogens with two attached hydrogens (primary N) is 1. The normalized spacial score (nSPS) is 24.3. The number of dihydropyridines is 1. The van der Waals surface area contributed by atoms with Crippen LogP contribution in [0, 0.1) is 0 Å². The van der Waals surface area contributed by atoms with Crippen LogP contribution in [-0.2, 0) is 15.7 Å². The lowest BCUT2D eigenvalue weighted by molar-refractivity contribution is -0.0396. The van der Waals surface area contributed by atoms with Crippen molar-refractivity contribution in [1.82, 2.24) is 39.7 Å². The number of nitrogens with one attached hydrogen (secondary N) is 2. The second-order valence-electron chi connectivity index (χ2n) is 13.0. The highest BCUT2D eigenvalue weighted by molar-refractivity contribution is 7.90. The van der Waals surface area contributed by atoms with E-state index in [2.05, 4.69) is 37.6 Å². The summed E-state index contributed by atoms with van der Waals surface area (Å²) in [6.45, 7) is 1.98. The van der Waals surface area contributed by atoms with Gasteiger partial charge in [-0.3, -0.25) is 4.98 Å². The van der Waals surface area contributed by atoms with Gasteiger partial charge in [0.15, 0.2) is 11.5 Å². The summed E-state index contributed by atoms with van der Waals surface area (Å²) < 4.78 is 60.5. The number of alkyl halides is 2. The van der Waals surface area contributed by atoms with Crippen molar-refractivity contribution in [2.75, 3.05) is 20.1 Å². The zero-order valence-corrected chi connectivity index (χ0v) is 27.0. The summed E-state index contributed by atoms with van der Waals surface area (Å²) in [5.74, 6) is -1.71. The van der Waals surface area contributed by atoms with Crippen molar-refractivity contribution in [2.24, 2.45) is 5.73 Å². The minimum Gasteiger partial charge on any atom is -0.489 e. The molecule has 1 atom stereocenters. The molecule has 3 fully saturated rings. The van der Waals surface area contributed by atoms with E-state index < -0.39 is 26.9 Å². The highest BCUT2D eigenvalue weighted by Crippen LogP contribution is 2.36. The fourth-order valence-electron chi connectivity index (χ4n) is 6.21. The number of halogens is 2. The molecule has 7 rings (SSSR count). The van der Waals surface area contributed by atoms with Gasteiger partial charge < -0.3 is 26.0 Å². The monoisotopic (exact) mass is 667 g/mol. The summed E-state index contributed by atoms with van der Waals surface area (Å²) in [6, 6.07) is 5.26. The van der Waals surface area contributed by atoms with Gasteiger partial charge in [-0.2, -0.15) is 9.19 Å². The van der Waals surface area contributed by atoms with Crippen LogP contribution in [0.15, 0.2) is 61.0 Å². The molecule has 250 valence electrons. The molecule has 3 aromatic heterocycles. The van der Waals surface area contributed by atoms with Crippen LogP contribution in [0.4, 0.5) is 8.78 Å². The van der Waals surface area contributed by atoms with Gasteiger partial charge in [-0.15, -0.1) is 0 Å². The summed E-state index contributed by atoms with van der Waals surface area (Å²) >= 11 is 0. The van der Waals surface area contributed by atoms with Gasteiger partial charge in [0.1, 0.15) is 11.9 Å². The molecule has 0 radical (unpaired) electrons. The van der Waals surface area contributed by atoms with Crippen LogP contribution in [0.3, 0.4) is 0 Å². The van der Waals surface area contributed by atoms with Crippen LogP contribution in [0.5, 0.6) is 5.75 Å². The van der Waals surface area contributed by atoms with E-state index >= 15 is 0 Å². The third-order valence-electron chi connectivity index (χ3n) is 9.28. The zero-order valence-electron chi connectivity index (χ0n) is 26.1. The standard InChI is InChI=1S/C32H39F2N9O3S/c1-42-14-9-23(10-15-42)46-24-2-5-27(37-18-24)26-19-38-32(35,16-28(26)40-22-6-11-31(33,34)12-7-22)29-8-13-36-30(41-29)21-17-39-43(20-21)47(44,45)25-3-4-25/h2,5,8,13,16-20,22-23,25,38,40H,3-4,6-7,9-12,14-15,35H2,1H3. The maximum absolute atomic E-state index is 14.0. The van der Waals surface area contributed by atoms with Crippen LogP contribution in [-0.4, -0.2) is 80.9 Å². The molecule has 1 saturated heterocycles. The molecule has 0 spiro atoms. The lowest BCUT2D eigenvalue weighted by Crippen LogP contribution is -2.50. The predicted octanol–water partition coefficient (Wildman–Crippen LogP) is 3.36. The van der Waals surface area contributed by atoms with Crippen molar-refractivity contribution < 1.29 is 21.9 Å². The second-order valence-corrected chi connectivity index (χ2v) is 15.1. The number of hydrogen-bond acceptors (Lipinski definition) is 11. The first-order valence-electron chi connectivity index (χ1n) is 16.1. The van der Waals surface area contributed by atoms with Crippen molar-refractivity contribution in [3.63, 3.8) is 0 Å². The Balaban J connectivity index is 1.15. The van der Waals surface area contributed by atoms with Crippen molar-refractivity contribution in [2.45, 2.75) is 80.3 Å². The number of aromatic nitrogens is 5. The predicted molar refractivity (Wildman–Crippen MR) is 171 cm³/mol. The van der Waals surface area contributed by atoms with Gasteiger partial charge in [0.25, 0.3) is 10.0 Å². The third kappa shape index (κ3) is 6.87. The summed E-state index contributed by atoms with van der Waals surface area (Å²) in [5, 5.41) is 10.4. The Labute approximate surface area is 272 Å². The topological polar surface area (TPSA) is 153 Å². The van der Waals surface area contributed by atoms with E-state index in [0.29, 0.717) is 54.1 Å².